The Morgan fingerprint density at radius 2 is 1.63 bits per heavy atom. The Bertz CT molecular complexity index is 1350. The van der Waals surface area contributed by atoms with Crippen molar-refractivity contribution >= 4 is 47.1 Å². The molecule has 0 saturated heterocycles. The van der Waals surface area contributed by atoms with Crippen LogP contribution < -0.4 is 5.43 Å². The van der Waals surface area contributed by atoms with Crippen molar-refractivity contribution in [2.45, 2.75) is 25.4 Å². The maximum Gasteiger partial charge on any atom is 0.271 e. The highest BCUT2D eigenvalue weighted by Gasteiger charge is 2.13. The zero-order valence-electron chi connectivity index (χ0n) is 19.5. The van der Waals surface area contributed by atoms with E-state index in [0.717, 1.165) is 34.1 Å². The topological polar surface area (TPSA) is 46.4 Å². The number of benzene rings is 3. The number of carbonyl (C=O) groups excluding carboxylic acids is 1. The van der Waals surface area contributed by atoms with Gasteiger partial charge in [0.25, 0.3) is 5.91 Å². The summed E-state index contributed by atoms with van der Waals surface area (Å²) < 4.78 is 2.04. The van der Waals surface area contributed by atoms with Gasteiger partial charge in [-0.05, 0) is 61.4 Å². The number of hydrazone groups is 1. The minimum atomic E-state index is -0.251. The van der Waals surface area contributed by atoms with E-state index in [1.165, 1.54) is 11.1 Å². The molecule has 1 heterocycles. The summed E-state index contributed by atoms with van der Waals surface area (Å²) in [6.07, 6.45) is 1.65. The van der Waals surface area contributed by atoms with Crippen LogP contribution in [0.2, 0.25) is 10.0 Å². The highest BCUT2D eigenvalue weighted by molar-refractivity contribution is 7.97. The summed E-state index contributed by atoms with van der Waals surface area (Å²) in [6.45, 7) is 3.98. The van der Waals surface area contributed by atoms with E-state index in [2.05, 4.69) is 34.8 Å². The first-order chi connectivity index (χ1) is 16.9. The molecule has 1 N–H and O–H groups in total. The number of aromatic nitrogens is 1. The summed E-state index contributed by atoms with van der Waals surface area (Å²) in [6, 6.07) is 25.4. The molecular weight excluding hydrogens is 497 g/mol. The van der Waals surface area contributed by atoms with Crippen LogP contribution in [0.15, 0.2) is 84.0 Å². The van der Waals surface area contributed by atoms with Gasteiger partial charge in [-0.3, -0.25) is 4.79 Å². The molecule has 1 amide bonds. The van der Waals surface area contributed by atoms with Gasteiger partial charge in [0.05, 0.1) is 16.9 Å². The van der Waals surface area contributed by atoms with Gasteiger partial charge in [0.1, 0.15) is 0 Å². The van der Waals surface area contributed by atoms with E-state index < -0.39 is 0 Å². The third kappa shape index (κ3) is 6.37. The molecule has 0 spiro atoms. The summed E-state index contributed by atoms with van der Waals surface area (Å²) in [5.74, 6) is 1.60. The quantitative estimate of drug-likeness (QED) is 0.191. The van der Waals surface area contributed by atoms with Crippen molar-refractivity contribution in [3.05, 3.63) is 123 Å². The number of hydrogen-bond donors (Lipinski definition) is 1. The fraction of sp³-hybridized carbons (Fsp3) is 0.143. The summed E-state index contributed by atoms with van der Waals surface area (Å²) >= 11 is 14.3. The van der Waals surface area contributed by atoms with E-state index in [-0.39, 0.29) is 5.91 Å². The number of thioether (sulfide) groups is 1. The van der Waals surface area contributed by atoms with Gasteiger partial charge in [-0.15, -0.1) is 0 Å². The van der Waals surface area contributed by atoms with Crippen molar-refractivity contribution in [1.82, 2.24) is 9.99 Å². The molecule has 35 heavy (non-hydrogen) atoms. The Labute approximate surface area is 220 Å². The number of nitrogens with zero attached hydrogens (tertiary/aromatic N) is 2. The molecule has 0 radical (unpaired) electrons. The number of hydrogen-bond acceptors (Lipinski definition) is 3. The summed E-state index contributed by atoms with van der Waals surface area (Å²) in [7, 11) is 0. The van der Waals surface area contributed by atoms with Gasteiger partial charge >= 0.3 is 0 Å². The monoisotopic (exact) mass is 521 g/mol. The largest absolute Gasteiger partial charge is 0.316 e. The lowest BCUT2D eigenvalue weighted by molar-refractivity contribution is 0.0955. The molecule has 0 unspecified atom stereocenters. The normalized spacial score (nSPS) is 11.2. The maximum absolute atomic E-state index is 12.5. The van der Waals surface area contributed by atoms with E-state index in [0.29, 0.717) is 15.6 Å². The lowest BCUT2D eigenvalue weighted by Gasteiger charge is -2.11. The molecule has 0 bridgehead atoms. The Morgan fingerprint density at radius 1 is 0.943 bits per heavy atom. The van der Waals surface area contributed by atoms with Crippen LogP contribution in [0, 0.1) is 13.8 Å². The molecule has 0 atom stereocenters. The smallest absolute Gasteiger partial charge is 0.271 e. The second kappa shape index (κ2) is 11.6. The Morgan fingerprint density at radius 3 is 2.31 bits per heavy atom. The van der Waals surface area contributed by atoms with Crippen LogP contribution in [0.4, 0.5) is 0 Å². The van der Waals surface area contributed by atoms with Crippen molar-refractivity contribution in [1.29, 1.82) is 0 Å². The van der Waals surface area contributed by atoms with Crippen LogP contribution in [-0.2, 0) is 11.5 Å². The van der Waals surface area contributed by atoms with Gasteiger partial charge in [0.2, 0.25) is 0 Å². The molecular formula is C28H25Cl2N3OS. The third-order valence-corrected chi connectivity index (χ3v) is 7.20. The first-order valence-electron chi connectivity index (χ1n) is 11.1. The Hall–Kier alpha value is -2.99. The van der Waals surface area contributed by atoms with Gasteiger partial charge in [-0.2, -0.15) is 16.9 Å². The molecule has 3 aromatic carbocycles. The number of amides is 1. The molecule has 0 aliphatic heterocycles. The average Bonchev–Trinajstić information content (AvgIpc) is 3.13. The minimum absolute atomic E-state index is 0.251. The third-order valence-electron chi connectivity index (χ3n) is 5.59. The molecule has 0 aliphatic carbocycles. The average molecular weight is 523 g/mol. The molecule has 0 saturated carbocycles. The number of aryl methyl sites for hydroxylation is 1. The van der Waals surface area contributed by atoms with Gasteiger partial charge < -0.3 is 4.57 Å². The first kappa shape index (κ1) is 25.1. The van der Waals surface area contributed by atoms with Crippen LogP contribution in [0.25, 0.3) is 5.69 Å². The Kier molecular flexibility index (Phi) is 8.34. The zero-order chi connectivity index (χ0) is 24.8. The lowest BCUT2D eigenvalue weighted by Crippen LogP contribution is -2.17. The fourth-order valence-electron chi connectivity index (χ4n) is 3.79. The van der Waals surface area contributed by atoms with Crippen molar-refractivity contribution in [2.24, 2.45) is 5.10 Å². The first-order valence-corrected chi connectivity index (χ1v) is 13.0. The van der Waals surface area contributed by atoms with Crippen LogP contribution in [-0.4, -0.2) is 16.7 Å². The summed E-state index contributed by atoms with van der Waals surface area (Å²) in [5.41, 5.74) is 9.37. The molecule has 178 valence electrons. The van der Waals surface area contributed by atoms with Crippen LogP contribution in [0.5, 0.6) is 0 Å². The molecule has 0 fully saturated rings. The van der Waals surface area contributed by atoms with Crippen molar-refractivity contribution in [3.8, 4) is 5.69 Å². The van der Waals surface area contributed by atoms with Gasteiger partial charge in [0.15, 0.2) is 0 Å². The van der Waals surface area contributed by atoms with Gasteiger partial charge in [0, 0.05) is 39.0 Å². The molecule has 4 nitrogen and oxygen atoms in total. The SMILES string of the molecule is Cc1cc(/C=N/NC(=O)c2ccc(CSCc3ccccc3)cc2)c(C)n1-c1ccc(Cl)cc1Cl. The van der Waals surface area contributed by atoms with Gasteiger partial charge in [-0.25, -0.2) is 5.43 Å². The minimum Gasteiger partial charge on any atom is -0.316 e. The molecule has 4 rings (SSSR count). The van der Waals surface area contributed by atoms with E-state index in [9.17, 15) is 4.79 Å². The van der Waals surface area contributed by atoms with Crippen LogP contribution >= 0.6 is 35.0 Å². The van der Waals surface area contributed by atoms with E-state index >= 15 is 0 Å². The number of carbonyl (C=O) groups is 1. The predicted molar refractivity (Wildman–Crippen MR) is 148 cm³/mol. The second-order valence-electron chi connectivity index (χ2n) is 8.13. The predicted octanol–water partition coefficient (Wildman–Crippen LogP) is 7.60. The molecule has 0 aliphatic rings. The van der Waals surface area contributed by atoms with Gasteiger partial charge in [-0.1, -0.05) is 65.7 Å². The highest BCUT2D eigenvalue weighted by atomic mass is 35.5. The lowest BCUT2D eigenvalue weighted by atomic mass is 10.1. The van der Waals surface area contributed by atoms with Crippen molar-refractivity contribution < 1.29 is 4.79 Å². The van der Waals surface area contributed by atoms with E-state index in [4.69, 9.17) is 23.2 Å². The highest BCUT2D eigenvalue weighted by Crippen LogP contribution is 2.28. The number of halogens is 2. The number of nitrogens with one attached hydrogen (secondary N) is 1. The van der Waals surface area contributed by atoms with Crippen LogP contribution in [0.3, 0.4) is 0 Å². The zero-order valence-corrected chi connectivity index (χ0v) is 21.8. The summed E-state index contributed by atoms with van der Waals surface area (Å²) in [4.78, 5) is 12.5. The molecule has 4 aromatic rings. The Balaban J connectivity index is 1.35. The maximum atomic E-state index is 12.5. The van der Waals surface area contributed by atoms with Crippen LogP contribution in [0.1, 0.15) is 38.4 Å². The molecule has 7 heteroatoms. The van der Waals surface area contributed by atoms with Crippen molar-refractivity contribution in [2.75, 3.05) is 0 Å². The fourth-order valence-corrected chi connectivity index (χ4v) is 5.24. The second-order valence-corrected chi connectivity index (χ2v) is 9.96. The van der Waals surface area contributed by atoms with E-state index in [1.807, 2.05) is 78.7 Å². The standard InChI is InChI=1S/C28H25Cl2N3OS/c1-19-14-24(20(2)33(19)27-13-12-25(29)15-26(27)30)16-31-32-28(34)23-10-8-22(9-11-23)18-35-17-21-6-4-3-5-7-21/h3-16H,17-18H2,1-2H3,(H,32,34)/b31-16+. The molecule has 1 aromatic heterocycles. The van der Waals surface area contributed by atoms with Crippen molar-refractivity contribution in [3.63, 3.8) is 0 Å². The van der Waals surface area contributed by atoms with E-state index in [1.54, 1.807) is 12.3 Å². The summed E-state index contributed by atoms with van der Waals surface area (Å²) in [5, 5.41) is 5.33. The number of rotatable bonds is 8.